The van der Waals surface area contributed by atoms with E-state index >= 15 is 0 Å². The van der Waals surface area contributed by atoms with Crippen LogP contribution in [0.25, 0.3) is 0 Å². The summed E-state index contributed by atoms with van der Waals surface area (Å²) in [7, 11) is -3.16. The van der Waals surface area contributed by atoms with Gasteiger partial charge in [0.05, 0.1) is 7.32 Å². The molecule has 3 nitrogen and oxygen atoms in total. The Morgan fingerprint density at radius 1 is 1.36 bits per heavy atom. The Balaban J connectivity index is -0.000000605. The largest absolute Gasteiger partial charge is 1.00 e. The van der Waals surface area contributed by atoms with Crippen molar-refractivity contribution >= 4 is 7.32 Å². The van der Waals surface area contributed by atoms with Crippen LogP contribution >= 0.6 is 0 Å². The van der Waals surface area contributed by atoms with E-state index in [9.17, 15) is 23.2 Å². The van der Waals surface area contributed by atoms with Crippen LogP contribution in [0.3, 0.4) is 0 Å². The maximum absolute atomic E-state index is 12.4. The van der Waals surface area contributed by atoms with E-state index in [4.69, 9.17) is 0 Å². The predicted molar refractivity (Wildman–Crippen MR) is 31.6 cm³/mol. The van der Waals surface area contributed by atoms with Crippen LogP contribution in [0.4, 0.5) is 13.2 Å². The second kappa shape index (κ2) is 11.1. The summed E-state index contributed by atoms with van der Waals surface area (Å²) in [4.78, 5) is 0. The Bertz CT molecular complexity index is 141. The molecule has 14 heavy (non-hydrogen) atoms. The fourth-order valence-corrected chi connectivity index (χ4v) is 0.624. The quantitative estimate of drug-likeness (QED) is 0.463. The van der Waals surface area contributed by atoms with Crippen LogP contribution in [-0.4, -0.2) is 19.6 Å². The third-order valence-electron chi connectivity index (χ3n) is 1.16. The van der Waals surface area contributed by atoms with Gasteiger partial charge in [0.25, 0.3) is 0 Å². The second-order valence-electron chi connectivity index (χ2n) is 2.22. The van der Waals surface area contributed by atoms with Gasteiger partial charge in [-0.25, -0.2) is 4.39 Å². The second-order valence-corrected chi connectivity index (χ2v) is 2.22. The fraction of sp³-hybridized carbons (Fsp3) is 1.00. The molecule has 0 amide bonds. The van der Waals surface area contributed by atoms with E-state index < -0.39 is 26.0 Å². The van der Waals surface area contributed by atoms with Gasteiger partial charge in [-0.2, -0.15) is 8.78 Å². The minimum Gasteiger partial charge on any atom is -0.870 e. The predicted octanol–water partition coefficient (Wildman–Crippen LogP) is -6.55. The first kappa shape index (κ1) is 22.2. The van der Waals surface area contributed by atoms with Gasteiger partial charge in [-0.05, 0) is 6.42 Å². The van der Waals surface area contributed by atoms with E-state index in [1.165, 1.54) is 6.92 Å². The topological polar surface area (TPSA) is 55.3 Å². The average molecular weight is 262 g/mol. The summed E-state index contributed by atoms with van der Waals surface area (Å²) in [6.07, 6.45) is -7.11. The molecule has 0 saturated carbocycles. The molecule has 0 aromatic heterocycles. The molecule has 0 aliphatic carbocycles. The molecule has 9 heteroatoms. The first-order valence-electron chi connectivity index (χ1n) is 3.41. The van der Waals surface area contributed by atoms with Crippen LogP contribution in [-0.2, 0) is 4.65 Å². The SMILES string of the molecule is CCCC(F)C(F)(F)OB([O-])[O-].[K+].[K+]. The molecule has 0 spiro atoms. The van der Waals surface area contributed by atoms with E-state index in [2.05, 4.69) is 4.65 Å². The Kier molecular flexibility index (Phi) is 17.6. The number of hydrogen-bond donors (Lipinski definition) is 0. The van der Waals surface area contributed by atoms with Crippen molar-refractivity contribution in [3.63, 3.8) is 0 Å². The van der Waals surface area contributed by atoms with Crippen molar-refractivity contribution in [2.75, 3.05) is 0 Å². The minimum absolute atomic E-state index is 0. The molecule has 1 unspecified atom stereocenters. The van der Waals surface area contributed by atoms with Crippen LogP contribution in [0.1, 0.15) is 19.8 Å². The summed E-state index contributed by atoms with van der Waals surface area (Å²) >= 11 is 0. The zero-order valence-corrected chi connectivity index (χ0v) is 14.7. The van der Waals surface area contributed by atoms with Crippen molar-refractivity contribution in [3.8, 4) is 0 Å². The van der Waals surface area contributed by atoms with Gasteiger partial charge in [-0.1, -0.05) is 13.3 Å². The van der Waals surface area contributed by atoms with E-state index in [1.54, 1.807) is 0 Å². The van der Waals surface area contributed by atoms with Gasteiger partial charge >= 0.3 is 109 Å². The van der Waals surface area contributed by atoms with Crippen LogP contribution in [0, 0.1) is 0 Å². The number of rotatable bonds is 5. The molecule has 0 fully saturated rings. The molecule has 0 bridgehead atoms. The van der Waals surface area contributed by atoms with Gasteiger partial charge in [0.15, 0.2) is 6.17 Å². The Hall–Kier alpha value is 3.01. The first-order chi connectivity index (χ1) is 5.40. The summed E-state index contributed by atoms with van der Waals surface area (Å²) < 4.78 is 39.9. The number of hydrogen-bond acceptors (Lipinski definition) is 3. The molecule has 0 aliphatic heterocycles. The van der Waals surface area contributed by atoms with E-state index in [1.807, 2.05) is 0 Å². The molecule has 0 aromatic carbocycles. The fourth-order valence-electron chi connectivity index (χ4n) is 0.624. The van der Waals surface area contributed by atoms with Gasteiger partial charge < -0.3 is 14.7 Å². The van der Waals surface area contributed by atoms with Crippen LogP contribution in [0.15, 0.2) is 0 Å². The van der Waals surface area contributed by atoms with Crippen molar-refractivity contribution in [1.82, 2.24) is 0 Å². The minimum atomic E-state index is -4.26. The number of halogens is 3. The van der Waals surface area contributed by atoms with Crippen molar-refractivity contribution < 1.29 is 131 Å². The van der Waals surface area contributed by atoms with Crippen LogP contribution < -0.4 is 113 Å². The van der Waals surface area contributed by atoms with E-state index in [0.717, 1.165) is 0 Å². The maximum atomic E-state index is 12.4. The molecule has 0 heterocycles. The van der Waals surface area contributed by atoms with Crippen LogP contribution in [0.2, 0.25) is 0 Å². The average Bonchev–Trinajstić information content (AvgIpc) is 1.85. The monoisotopic (exact) mass is 262 g/mol. The van der Waals surface area contributed by atoms with Crippen molar-refractivity contribution in [2.45, 2.75) is 32.0 Å². The molecular weight excluding hydrogens is 254 g/mol. The Morgan fingerprint density at radius 3 is 2.07 bits per heavy atom. The van der Waals surface area contributed by atoms with E-state index in [0.29, 0.717) is 0 Å². The third kappa shape index (κ3) is 10.2. The summed E-state index contributed by atoms with van der Waals surface area (Å²) in [6.45, 7) is 1.49. The summed E-state index contributed by atoms with van der Waals surface area (Å²) in [5.41, 5.74) is 0. The molecule has 0 saturated heterocycles. The van der Waals surface area contributed by atoms with Crippen LogP contribution in [0.5, 0.6) is 0 Å². The molecule has 0 rings (SSSR count). The summed E-state index contributed by atoms with van der Waals surface area (Å²) in [6, 6.07) is 0. The zero-order chi connectivity index (χ0) is 9.78. The van der Waals surface area contributed by atoms with Gasteiger partial charge in [0.1, 0.15) is 0 Å². The van der Waals surface area contributed by atoms with Crippen molar-refractivity contribution in [3.05, 3.63) is 0 Å². The summed E-state index contributed by atoms with van der Waals surface area (Å²) in [5.74, 6) is 0. The third-order valence-corrected chi connectivity index (χ3v) is 1.16. The molecule has 0 radical (unpaired) electrons. The molecule has 0 N–H and O–H groups in total. The first-order valence-corrected chi connectivity index (χ1v) is 3.41. The number of alkyl halides is 3. The normalized spacial score (nSPS) is 12.4. The zero-order valence-electron chi connectivity index (χ0n) is 8.43. The van der Waals surface area contributed by atoms with Gasteiger partial charge in [-0.3, -0.25) is 0 Å². The van der Waals surface area contributed by atoms with E-state index in [-0.39, 0.29) is 109 Å². The molecule has 72 valence electrons. The molecule has 0 aromatic rings. The standard InChI is InChI=1S/C5H8BF3O3.2K/c1-2-3-4(7)5(8,9)12-6(10)11;;/h4H,2-3H2,1H3;;/q-2;2*+1. The van der Waals surface area contributed by atoms with Crippen molar-refractivity contribution in [2.24, 2.45) is 0 Å². The maximum Gasteiger partial charge on any atom is 1.00 e. The summed E-state index contributed by atoms with van der Waals surface area (Å²) in [5, 5.41) is 19.3. The van der Waals surface area contributed by atoms with Gasteiger partial charge in [-0.15, -0.1) is 0 Å². The van der Waals surface area contributed by atoms with Gasteiger partial charge in [0.2, 0.25) is 0 Å². The molecular formula is C5H8BF3K2O3. The smallest absolute Gasteiger partial charge is 0.870 e. The molecule has 1 atom stereocenters. The molecule has 0 aliphatic rings. The Morgan fingerprint density at radius 2 is 1.79 bits per heavy atom. The van der Waals surface area contributed by atoms with Gasteiger partial charge in [0, 0.05) is 0 Å². The Labute approximate surface area is 166 Å². The van der Waals surface area contributed by atoms with Crippen molar-refractivity contribution in [1.29, 1.82) is 0 Å².